The Balaban J connectivity index is 1.76. The van der Waals surface area contributed by atoms with Gasteiger partial charge in [0.2, 0.25) is 11.8 Å². The average molecular weight is 333 g/mol. The third-order valence-corrected chi connectivity index (χ3v) is 3.96. The average Bonchev–Trinajstić information content (AvgIpc) is 3.03. The Bertz CT molecular complexity index is 557. The standard InChI is InChI=1S/C17H27N5O2/c1-4-16(23)22-9-7-21(8-10-22)6-5-18-15-11-14(12-19-15)17(24)20-13(2)3/h5-6,12-13H,4,7-11H2,1-3H3,(H,18,19)(H,20,24)/b6-5+. The van der Waals surface area contributed by atoms with Crippen molar-refractivity contribution in [2.24, 2.45) is 4.99 Å². The molecule has 2 N–H and O–H groups in total. The second-order valence-corrected chi connectivity index (χ2v) is 6.26. The minimum atomic E-state index is -0.0524. The summed E-state index contributed by atoms with van der Waals surface area (Å²) in [4.78, 5) is 32.0. The van der Waals surface area contributed by atoms with E-state index in [-0.39, 0.29) is 17.9 Å². The summed E-state index contributed by atoms with van der Waals surface area (Å²) in [6.45, 7) is 8.92. The van der Waals surface area contributed by atoms with Crippen LogP contribution in [0.4, 0.5) is 0 Å². The summed E-state index contributed by atoms with van der Waals surface area (Å²) in [6.07, 6.45) is 6.47. The number of hydrogen-bond acceptors (Lipinski definition) is 4. The van der Waals surface area contributed by atoms with Gasteiger partial charge < -0.3 is 20.4 Å². The molecule has 0 bridgehead atoms. The van der Waals surface area contributed by atoms with E-state index in [0.717, 1.165) is 32.0 Å². The molecule has 0 saturated carbocycles. The van der Waals surface area contributed by atoms with Crippen molar-refractivity contribution in [3.8, 4) is 0 Å². The molecule has 0 unspecified atom stereocenters. The first kappa shape index (κ1) is 18.0. The van der Waals surface area contributed by atoms with Gasteiger partial charge in [0.1, 0.15) is 5.84 Å². The number of carbonyl (C=O) groups excluding carboxylic acids is 2. The van der Waals surface area contributed by atoms with Crippen molar-refractivity contribution < 1.29 is 9.59 Å². The molecular formula is C17H27N5O2. The molecule has 0 spiro atoms. The smallest absolute Gasteiger partial charge is 0.249 e. The topological polar surface area (TPSA) is 77.0 Å². The predicted molar refractivity (Wildman–Crippen MR) is 94.1 cm³/mol. The van der Waals surface area contributed by atoms with Crippen molar-refractivity contribution >= 4 is 17.6 Å². The number of carbonyl (C=O) groups is 2. The van der Waals surface area contributed by atoms with Crippen LogP contribution in [-0.2, 0) is 9.59 Å². The lowest BCUT2D eigenvalue weighted by Crippen LogP contribution is -2.46. The summed E-state index contributed by atoms with van der Waals surface area (Å²) in [7, 11) is 0. The van der Waals surface area contributed by atoms with Gasteiger partial charge in [0.05, 0.1) is 0 Å². The molecule has 2 aliphatic rings. The van der Waals surface area contributed by atoms with Gasteiger partial charge in [-0.05, 0) is 13.8 Å². The van der Waals surface area contributed by atoms with E-state index in [9.17, 15) is 9.59 Å². The Morgan fingerprint density at radius 2 is 2.04 bits per heavy atom. The van der Waals surface area contributed by atoms with Gasteiger partial charge in [0.25, 0.3) is 0 Å². The Kier molecular flexibility index (Phi) is 6.40. The second-order valence-electron chi connectivity index (χ2n) is 6.26. The Labute approximate surface area is 143 Å². The van der Waals surface area contributed by atoms with Crippen LogP contribution in [0.25, 0.3) is 0 Å². The van der Waals surface area contributed by atoms with E-state index in [0.29, 0.717) is 18.4 Å². The molecule has 7 heteroatoms. The zero-order valence-electron chi connectivity index (χ0n) is 14.7. The van der Waals surface area contributed by atoms with Crippen molar-refractivity contribution in [3.63, 3.8) is 0 Å². The van der Waals surface area contributed by atoms with Crippen LogP contribution < -0.4 is 10.6 Å². The molecule has 1 saturated heterocycles. The SMILES string of the molecule is CCC(=O)N1CCN(/C=C/N=C2\CC(C(=O)NC(C)C)=CN2)CC1. The molecule has 2 aliphatic heterocycles. The van der Waals surface area contributed by atoms with Crippen molar-refractivity contribution in [2.75, 3.05) is 26.2 Å². The quantitative estimate of drug-likeness (QED) is 0.781. The van der Waals surface area contributed by atoms with E-state index in [1.807, 2.05) is 31.9 Å². The first-order valence-electron chi connectivity index (χ1n) is 8.51. The van der Waals surface area contributed by atoms with Gasteiger partial charge in [0.15, 0.2) is 0 Å². The normalized spacial score (nSPS) is 19.8. The van der Waals surface area contributed by atoms with Crippen molar-refractivity contribution in [1.29, 1.82) is 0 Å². The lowest BCUT2D eigenvalue weighted by Gasteiger charge is -2.33. The minimum Gasteiger partial charge on any atom is -0.373 e. The first-order chi connectivity index (χ1) is 11.5. The molecule has 0 radical (unpaired) electrons. The number of amides is 2. The van der Waals surface area contributed by atoms with Gasteiger partial charge in [-0.3, -0.25) is 9.59 Å². The fourth-order valence-corrected chi connectivity index (χ4v) is 2.60. The largest absolute Gasteiger partial charge is 0.373 e. The highest BCUT2D eigenvalue weighted by Gasteiger charge is 2.19. The second kappa shape index (κ2) is 8.52. The first-order valence-corrected chi connectivity index (χ1v) is 8.51. The van der Waals surface area contributed by atoms with E-state index in [4.69, 9.17) is 0 Å². The van der Waals surface area contributed by atoms with Gasteiger partial charge in [-0.25, -0.2) is 4.99 Å². The van der Waals surface area contributed by atoms with Gasteiger partial charge >= 0.3 is 0 Å². The highest BCUT2D eigenvalue weighted by Crippen LogP contribution is 2.09. The molecule has 0 aromatic heterocycles. The third-order valence-electron chi connectivity index (χ3n) is 3.96. The highest BCUT2D eigenvalue weighted by atomic mass is 16.2. The van der Waals surface area contributed by atoms with Crippen molar-refractivity contribution in [2.45, 2.75) is 39.7 Å². The van der Waals surface area contributed by atoms with Crippen LogP contribution in [0.3, 0.4) is 0 Å². The van der Waals surface area contributed by atoms with Gasteiger partial charge in [-0.15, -0.1) is 0 Å². The van der Waals surface area contributed by atoms with Crippen molar-refractivity contribution in [3.05, 3.63) is 24.2 Å². The summed E-state index contributed by atoms with van der Waals surface area (Å²) in [5, 5.41) is 5.90. The number of nitrogens with one attached hydrogen (secondary N) is 2. The predicted octanol–water partition coefficient (Wildman–Crippen LogP) is 0.812. The van der Waals surface area contributed by atoms with Crippen LogP contribution in [0.1, 0.15) is 33.6 Å². The molecule has 1 fully saturated rings. The van der Waals surface area contributed by atoms with E-state index in [2.05, 4.69) is 20.5 Å². The van der Waals surface area contributed by atoms with E-state index in [1.54, 1.807) is 12.4 Å². The number of piperazine rings is 1. The molecule has 0 atom stereocenters. The third kappa shape index (κ3) is 5.11. The number of rotatable bonds is 5. The van der Waals surface area contributed by atoms with E-state index < -0.39 is 0 Å². The Morgan fingerprint density at radius 3 is 2.67 bits per heavy atom. The van der Waals surface area contributed by atoms with Crippen LogP contribution in [0, 0.1) is 0 Å². The zero-order valence-corrected chi connectivity index (χ0v) is 14.7. The minimum absolute atomic E-state index is 0.0524. The molecule has 0 aromatic rings. The molecule has 2 heterocycles. The number of nitrogens with zero attached hydrogens (tertiary/aromatic N) is 3. The monoisotopic (exact) mass is 333 g/mol. The zero-order chi connectivity index (χ0) is 17.5. The molecule has 0 aromatic carbocycles. The molecule has 132 valence electrons. The molecular weight excluding hydrogens is 306 g/mol. The van der Waals surface area contributed by atoms with Crippen molar-refractivity contribution in [1.82, 2.24) is 20.4 Å². The Hall–Kier alpha value is -2.31. The lowest BCUT2D eigenvalue weighted by molar-refractivity contribution is -0.132. The molecule has 7 nitrogen and oxygen atoms in total. The fraction of sp³-hybridized carbons (Fsp3) is 0.588. The summed E-state index contributed by atoms with van der Waals surface area (Å²) in [6, 6.07) is 0.123. The number of hydrogen-bond donors (Lipinski definition) is 2. The molecule has 2 amide bonds. The molecule has 0 aliphatic carbocycles. The maximum absolute atomic E-state index is 11.9. The molecule has 24 heavy (non-hydrogen) atoms. The molecule has 2 rings (SSSR count). The lowest BCUT2D eigenvalue weighted by atomic mass is 10.2. The summed E-state index contributed by atoms with van der Waals surface area (Å²) in [5.41, 5.74) is 0.697. The maximum atomic E-state index is 11.9. The summed E-state index contributed by atoms with van der Waals surface area (Å²) in [5.74, 6) is 0.927. The van der Waals surface area contributed by atoms with Crippen LogP contribution >= 0.6 is 0 Å². The van der Waals surface area contributed by atoms with Gasteiger partial charge in [-0.1, -0.05) is 6.92 Å². The van der Waals surface area contributed by atoms with Crippen LogP contribution in [-0.4, -0.2) is 59.7 Å². The number of amidine groups is 1. The van der Waals surface area contributed by atoms with E-state index in [1.165, 1.54) is 0 Å². The van der Waals surface area contributed by atoms with Gasteiger partial charge in [0, 0.05) is 69.2 Å². The Morgan fingerprint density at radius 1 is 1.33 bits per heavy atom. The number of aliphatic imine (C=N–C) groups is 1. The van der Waals surface area contributed by atoms with Crippen LogP contribution in [0.5, 0.6) is 0 Å². The summed E-state index contributed by atoms with van der Waals surface area (Å²) < 4.78 is 0. The highest BCUT2D eigenvalue weighted by molar-refractivity contribution is 6.03. The maximum Gasteiger partial charge on any atom is 0.249 e. The fourth-order valence-electron chi connectivity index (χ4n) is 2.60. The van der Waals surface area contributed by atoms with Gasteiger partial charge in [-0.2, -0.15) is 0 Å². The van der Waals surface area contributed by atoms with Crippen LogP contribution in [0.2, 0.25) is 0 Å². The van der Waals surface area contributed by atoms with E-state index >= 15 is 0 Å². The summed E-state index contributed by atoms with van der Waals surface area (Å²) >= 11 is 0. The van der Waals surface area contributed by atoms with Crippen LogP contribution in [0.15, 0.2) is 29.2 Å².